The van der Waals surface area contributed by atoms with Gasteiger partial charge in [-0.25, -0.2) is 0 Å². The second kappa shape index (κ2) is 7.47. The highest BCUT2D eigenvalue weighted by atomic mass is 16.5. The van der Waals surface area contributed by atoms with Crippen LogP contribution in [0, 0.1) is 5.41 Å². The summed E-state index contributed by atoms with van der Waals surface area (Å²) in [6.45, 7) is 5.18. The van der Waals surface area contributed by atoms with Gasteiger partial charge in [0.2, 0.25) is 0 Å². The largest absolute Gasteiger partial charge is 0.497 e. The van der Waals surface area contributed by atoms with E-state index in [0.29, 0.717) is 11.7 Å². The summed E-state index contributed by atoms with van der Waals surface area (Å²) in [5.41, 5.74) is 3.17. The van der Waals surface area contributed by atoms with E-state index in [1.807, 2.05) is 18.2 Å². The zero-order valence-electron chi connectivity index (χ0n) is 16.4. The van der Waals surface area contributed by atoms with Crippen LogP contribution in [0.25, 0.3) is 0 Å². The van der Waals surface area contributed by atoms with Gasteiger partial charge in [-0.2, -0.15) is 0 Å². The Kier molecular flexibility index (Phi) is 5.05. The van der Waals surface area contributed by atoms with E-state index in [0.717, 1.165) is 49.4 Å². The van der Waals surface area contributed by atoms with Crippen LogP contribution in [0.5, 0.6) is 5.75 Å². The Labute approximate surface area is 162 Å². The van der Waals surface area contributed by atoms with E-state index in [1.54, 1.807) is 7.11 Å². The fourth-order valence-corrected chi connectivity index (χ4v) is 4.82. The third-order valence-corrected chi connectivity index (χ3v) is 6.40. The fourth-order valence-electron chi connectivity index (χ4n) is 4.82. The number of fused-ring (bicyclic) bond motifs is 1. The molecule has 1 saturated heterocycles. The van der Waals surface area contributed by atoms with E-state index in [9.17, 15) is 4.79 Å². The van der Waals surface area contributed by atoms with Crippen LogP contribution >= 0.6 is 0 Å². The Hall–Kier alpha value is -2.13. The summed E-state index contributed by atoms with van der Waals surface area (Å²) in [6.07, 6.45) is 4.31. The first-order chi connectivity index (χ1) is 13.1. The number of aryl methyl sites for hydroxylation is 1. The summed E-state index contributed by atoms with van der Waals surface area (Å²) >= 11 is 0. The molecule has 142 valence electrons. The molecule has 27 heavy (non-hydrogen) atoms. The molecule has 1 aliphatic carbocycles. The van der Waals surface area contributed by atoms with Gasteiger partial charge in [-0.15, -0.1) is 0 Å². The van der Waals surface area contributed by atoms with Crippen molar-refractivity contribution in [1.82, 2.24) is 4.90 Å². The van der Waals surface area contributed by atoms with Crippen molar-refractivity contribution < 1.29 is 9.53 Å². The van der Waals surface area contributed by atoms with Crippen molar-refractivity contribution in [1.29, 1.82) is 0 Å². The minimum absolute atomic E-state index is 0.292. The SMILES string of the molecule is COc1ccc2c(c1)CCC(C)(CN1CCCC(c3ccccc3)C1)C2=O. The Morgan fingerprint density at radius 2 is 2.00 bits per heavy atom. The lowest BCUT2D eigenvalue weighted by Gasteiger charge is -2.41. The van der Waals surface area contributed by atoms with Gasteiger partial charge in [0.05, 0.1) is 7.11 Å². The van der Waals surface area contributed by atoms with Crippen LogP contribution in [0.1, 0.15) is 53.6 Å². The minimum atomic E-state index is -0.292. The van der Waals surface area contributed by atoms with E-state index in [4.69, 9.17) is 4.74 Å². The molecule has 0 aromatic heterocycles. The summed E-state index contributed by atoms with van der Waals surface area (Å²) in [4.78, 5) is 15.8. The van der Waals surface area contributed by atoms with Gasteiger partial charge in [0.25, 0.3) is 0 Å². The fraction of sp³-hybridized carbons (Fsp3) is 0.458. The van der Waals surface area contributed by atoms with Gasteiger partial charge in [-0.3, -0.25) is 4.79 Å². The standard InChI is InChI=1S/C24H29NO2/c1-24(13-12-19-15-21(27-2)10-11-22(19)23(24)26)17-25-14-6-9-20(16-25)18-7-4-3-5-8-18/h3-5,7-8,10-11,15,20H,6,9,12-14,16-17H2,1-2H3. The lowest BCUT2D eigenvalue weighted by atomic mass is 9.71. The molecule has 2 aromatic carbocycles. The lowest BCUT2D eigenvalue weighted by molar-refractivity contribution is 0.0653. The monoisotopic (exact) mass is 363 g/mol. The number of ketones is 1. The lowest BCUT2D eigenvalue weighted by Crippen LogP contribution is -2.46. The van der Waals surface area contributed by atoms with Crippen LogP contribution in [0.4, 0.5) is 0 Å². The summed E-state index contributed by atoms with van der Waals surface area (Å²) < 4.78 is 5.32. The quantitative estimate of drug-likeness (QED) is 0.788. The number of methoxy groups -OCH3 is 1. The average molecular weight is 364 g/mol. The third-order valence-electron chi connectivity index (χ3n) is 6.40. The number of hydrogen-bond acceptors (Lipinski definition) is 3. The summed E-state index contributed by atoms with van der Waals surface area (Å²) in [5.74, 6) is 1.72. The first kappa shape index (κ1) is 18.2. The van der Waals surface area contributed by atoms with Crippen molar-refractivity contribution >= 4 is 5.78 Å². The molecule has 1 aliphatic heterocycles. The van der Waals surface area contributed by atoms with E-state index in [1.165, 1.54) is 18.4 Å². The van der Waals surface area contributed by atoms with Gasteiger partial charge < -0.3 is 9.64 Å². The van der Waals surface area contributed by atoms with Gasteiger partial charge in [0, 0.05) is 24.1 Å². The molecule has 3 nitrogen and oxygen atoms in total. The zero-order valence-corrected chi connectivity index (χ0v) is 16.4. The number of carbonyl (C=O) groups excluding carboxylic acids is 1. The number of hydrogen-bond donors (Lipinski definition) is 0. The van der Waals surface area contributed by atoms with E-state index < -0.39 is 0 Å². The molecule has 0 saturated carbocycles. The molecular formula is C24H29NO2. The highest BCUT2D eigenvalue weighted by Gasteiger charge is 2.40. The van der Waals surface area contributed by atoms with E-state index in [2.05, 4.69) is 42.2 Å². The predicted octanol–water partition coefficient (Wildman–Crippen LogP) is 4.71. The highest BCUT2D eigenvalue weighted by Crippen LogP contribution is 2.38. The Bertz CT molecular complexity index is 816. The number of benzene rings is 2. The summed E-state index contributed by atoms with van der Waals surface area (Å²) in [6, 6.07) is 16.7. The average Bonchev–Trinajstić information content (AvgIpc) is 2.71. The molecule has 0 bridgehead atoms. The normalized spacial score (nSPS) is 25.9. The van der Waals surface area contributed by atoms with Crippen LogP contribution in [0.2, 0.25) is 0 Å². The predicted molar refractivity (Wildman–Crippen MR) is 109 cm³/mol. The molecule has 0 spiro atoms. The number of ether oxygens (including phenoxy) is 1. The second-order valence-electron chi connectivity index (χ2n) is 8.40. The topological polar surface area (TPSA) is 29.5 Å². The molecule has 3 heteroatoms. The Morgan fingerprint density at radius 3 is 2.78 bits per heavy atom. The molecule has 4 rings (SSSR count). The molecule has 2 aromatic rings. The van der Waals surface area contributed by atoms with Crippen molar-refractivity contribution in [2.24, 2.45) is 5.41 Å². The maximum atomic E-state index is 13.3. The number of nitrogens with zero attached hydrogens (tertiary/aromatic N) is 1. The zero-order chi connectivity index (χ0) is 18.9. The summed E-state index contributed by atoms with van der Waals surface area (Å²) in [7, 11) is 1.68. The minimum Gasteiger partial charge on any atom is -0.497 e. The van der Waals surface area contributed by atoms with Crippen LogP contribution in [-0.4, -0.2) is 37.4 Å². The number of piperidine rings is 1. The molecule has 2 unspecified atom stereocenters. The number of rotatable bonds is 4. The molecule has 1 fully saturated rings. The first-order valence-corrected chi connectivity index (χ1v) is 10.1. The molecule has 2 atom stereocenters. The van der Waals surface area contributed by atoms with Gasteiger partial charge in [-0.05, 0) is 67.5 Å². The molecule has 1 heterocycles. The number of likely N-dealkylation sites (tertiary alicyclic amines) is 1. The maximum absolute atomic E-state index is 13.3. The van der Waals surface area contributed by atoms with E-state index >= 15 is 0 Å². The highest BCUT2D eigenvalue weighted by molar-refractivity contribution is 6.02. The van der Waals surface area contributed by atoms with Crippen LogP contribution in [0.15, 0.2) is 48.5 Å². The first-order valence-electron chi connectivity index (χ1n) is 10.1. The Balaban J connectivity index is 1.49. The van der Waals surface area contributed by atoms with Crippen LogP contribution < -0.4 is 4.74 Å². The van der Waals surface area contributed by atoms with Gasteiger partial charge in [0.15, 0.2) is 5.78 Å². The van der Waals surface area contributed by atoms with Crippen molar-refractivity contribution in [2.45, 2.75) is 38.5 Å². The van der Waals surface area contributed by atoms with Gasteiger partial charge >= 0.3 is 0 Å². The van der Waals surface area contributed by atoms with Crippen molar-refractivity contribution in [2.75, 3.05) is 26.7 Å². The van der Waals surface area contributed by atoms with Crippen molar-refractivity contribution in [3.8, 4) is 5.75 Å². The molecule has 0 amide bonds. The second-order valence-corrected chi connectivity index (χ2v) is 8.40. The number of carbonyl (C=O) groups is 1. The maximum Gasteiger partial charge on any atom is 0.170 e. The molecular weight excluding hydrogens is 334 g/mol. The van der Waals surface area contributed by atoms with E-state index in [-0.39, 0.29) is 5.41 Å². The van der Waals surface area contributed by atoms with Crippen LogP contribution in [-0.2, 0) is 6.42 Å². The Morgan fingerprint density at radius 1 is 1.19 bits per heavy atom. The van der Waals surface area contributed by atoms with Gasteiger partial charge in [-0.1, -0.05) is 37.3 Å². The smallest absolute Gasteiger partial charge is 0.170 e. The van der Waals surface area contributed by atoms with Crippen molar-refractivity contribution in [3.63, 3.8) is 0 Å². The number of Topliss-reactive ketones (excluding diaryl/α,β-unsaturated/α-hetero) is 1. The third kappa shape index (κ3) is 3.66. The molecule has 0 N–H and O–H groups in total. The van der Waals surface area contributed by atoms with Crippen LogP contribution in [0.3, 0.4) is 0 Å². The van der Waals surface area contributed by atoms with Gasteiger partial charge in [0.1, 0.15) is 5.75 Å². The summed E-state index contributed by atoms with van der Waals surface area (Å²) in [5, 5.41) is 0. The molecule has 2 aliphatic rings. The van der Waals surface area contributed by atoms with Crippen molar-refractivity contribution in [3.05, 3.63) is 65.2 Å². The molecule has 0 radical (unpaired) electrons.